The van der Waals surface area contributed by atoms with Crippen LogP contribution in [0.1, 0.15) is 27.2 Å². The number of anilines is 1. The molecule has 23 heavy (non-hydrogen) atoms. The summed E-state index contributed by atoms with van der Waals surface area (Å²) >= 11 is 1.59. The van der Waals surface area contributed by atoms with Gasteiger partial charge in [0.15, 0.2) is 5.13 Å². The lowest BCUT2D eigenvalue weighted by Gasteiger charge is -2.28. The van der Waals surface area contributed by atoms with Crippen molar-refractivity contribution < 1.29 is 4.79 Å². The molecule has 0 saturated carbocycles. The van der Waals surface area contributed by atoms with Crippen LogP contribution in [0.4, 0.5) is 5.13 Å². The third kappa shape index (κ3) is 5.16. The molecule has 0 bridgehead atoms. The summed E-state index contributed by atoms with van der Waals surface area (Å²) in [5.41, 5.74) is 0.553. The summed E-state index contributed by atoms with van der Waals surface area (Å²) in [5, 5.41) is 0.805. The van der Waals surface area contributed by atoms with E-state index in [1.54, 1.807) is 11.3 Å². The molecule has 6 heteroatoms. The van der Waals surface area contributed by atoms with Gasteiger partial charge in [-0.2, -0.15) is 0 Å². The second-order valence-corrected chi connectivity index (χ2v) is 7.84. The van der Waals surface area contributed by atoms with Gasteiger partial charge in [0.1, 0.15) is 0 Å². The molecule has 128 valence electrons. The van der Waals surface area contributed by atoms with Crippen LogP contribution in [0.5, 0.6) is 0 Å². The molecule has 1 aromatic carbocycles. The highest BCUT2D eigenvalue weighted by atomic mass is 35.5. The molecule has 0 fully saturated rings. The maximum absolute atomic E-state index is 12.8. The zero-order valence-electron chi connectivity index (χ0n) is 14.5. The van der Waals surface area contributed by atoms with Gasteiger partial charge in [-0.25, -0.2) is 4.98 Å². The highest BCUT2D eigenvalue weighted by Crippen LogP contribution is 2.31. The zero-order chi connectivity index (χ0) is 16.3. The normalized spacial score (nSPS) is 11.6. The van der Waals surface area contributed by atoms with Crippen molar-refractivity contribution in [1.82, 2.24) is 9.88 Å². The van der Waals surface area contributed by atoms with Crippen LogP contribution in [0.3, 0.4) is 0 Å². The van der Waals surface area contributed by atoms with E-state index in [4.69, 9.17) is 0 Å². The van der Waals surface area contributed by atoms with Crippen LogP contribution in [0, 0.1) is 5.41 Å². The average Bonchev–Trinajstić information content (AvgIpc) is 2.85. The summed E-state index contributed by atoms with van der Waals surface area (Å²) in [4.78, 5) is 21.4. The number of para-hydroxylation sites is 1. The van der Waals surface area contributed by atoms with E-state index in [0.717, 1.165) is 28.3 Å². The van der Waals surface area contributed by atoms with Gasteiger partial charge in [-0.15, -0.1) is 12.4 Å². The van der Waals surface area contributed by atoms with Crippen molar-refractivity contribution in [3.63, 3.8) is 0 Å². The minimum atomic E-state index is -0.407. The number of carbonyl (C=O) groups excluding carboxylic acids is 1. The third-order valence-corrected chi connectivity index (χ3v) is 4.45. The molecule has 1 aromatic heterocycles. The Morgan fingerprint density at radius 2 is 1.83 bits per heavy atom. The Labute approximate surface area is 148 Å². The number of amides is 1. The van der Waals surface area contributed by atoms with Gasteiger partial charge in [0, 0.05) is 12.0 Å². The van der Waals surface area contributed by atoms with Gasteiger partial charge >= 0.3 is 0 Å². The lowest BCUT2D eigenvalue weighted by atomic mass is 9.95. The standard InChI is InChI=1S/C17H25N3OS.ClH/c1-17(2,3)15(21)20(12-8-11-19(4)5)16-18-13-9-6-7-10-14(13)22-16;/h6-7,9-10H,8,11-12H2,1-5H3;1H. The molecule has 0 N–H and O–H groups in total. The average molecular weight is 356 g/mol. The maximum atomic E-state index is 12.8. The summed E-state index contributed by atoms with van der Waals surface area (Å²) in [7, 11) is 4.10. The molecule has 1 amide bonds. The predicted molar refractivity (Wildman–Crippen MR) is 102 cm³/mol. The van der Waals surface area contributed by atoms with Crippen molar-refractivity contribution in [2.24, 2.45) is 5.41 Å². The smallest absolute Gasteiger partial charge is 0.234 e. The quantitative estimate of drug-likeness (QED) is 0.811. The molecule has 0 aliphatic carbocycles. The van der Waals surface area contributed by atoms with Gasteiger partial charge in [0.2, 0.25) is 5.91 Å². The Morgan fingerprint density at radius 3 is 2.39 bits per heavy atom. The highest BCUT2D eigenvalue weighted by molar-refractivity contribution is 7.22. The number of hydrogen-bond acceptors (Lipinski definition) is 4. The first kappa shape index (κ1) is 19.9. The van der Waals surface area contributed by atoms with E-state index in [0.29, 0.717) is 6.54 Å². The largest absolute Gasteiger partial charge is 0.309 e. The van der Waals surface area contributed by atoms with E-state index >= 15 is 0 Å². The van der Waals surface area contributed by atoms with E-state index in [2.05, 4.69) is 16.0 Å². The van der Waals surface area contributed by atoms with Crippen molar-refractivity contribution in [2.45, 2.75) is 27.2 Å². The van der Waals surface area contributed by atoms with E-state index < -0.39 is 5.41 Å². The van der Waals surface area contributed by atoms with Gasteiger partial charge in [-0.05, 0) is 39.2 Å². The summed E-state index contributed by atoms with van der Waals surface area (Å²) in [6, 6.07) is 8.03. The van der Waals surface area contributed by atoms with Gasteiger partial charge in [0.05, 0.1) is 10.2 Å². The highest BCUT2D eigenvalue weighted by Gasteiger charge is 2.29. The molecular weight excluding hydrogens is 330 g/mol. The fraction of sp³-hybridized carbons (Fsp3) is 0.529. The summed E-state index contributed by atoms with van der Waals surface area (Å²) in [5.74, 6) is 0.130. The van der Waals surface area contributed by atoms with E-state index in [9.17, 15) is 4.79 Å². The lowest BCUT2D eigenvalue weighted by Crippen LogP contribution is -2.40. The van der Waals surface area contributed by atoms with Gasteiger partial charge in [-0.3, -0.25) is 9.69 Å². The Kier molecular flexibility index (Phi) is 6.99. The number of carbonyl (C=O) groups is 1. The molecule has 0 unspecified atom stereocenters. The van der Waals surface area contributed by atoms with Crippen molar-refractivity contribution in [2.75, 3.05) is 32.1 Å². The summed E-state index contributed by atoms with van der Waals surface area (Å²) < 4.78 is 1.12. The first-order valence-corrected chi connectivity index (χ1v) is 8.43. The SMILES string of the molecule is CN(C)CCCN(C(=O)C(C)(C)C)c1nc2ccccc2s1.Cl. The van der Waals surface area contributed by atoms with Crippen LogP contribution in [0.25, 0.3) is 10.2 Å². The lowest BCUT2D eigenvalue weighted by molar-refractivity contribution is -0.125. The van der Waals surface area contributed by atoms with Crippen LogP contribution in [0.15, 0.2) is 24.3 Å². The monoisotopic (exact) mass is 355 g/mol. The summed E-state index contributed by atoms with van der Waals surface area (Å²) in [6.45, 7) is 7.54. The van der Waals surface area contributed by atoms with Crippen LogP contribution in [-0.2, 0) is 4.79 Å². The Morgan fingerprint density at radius 1 is 1.17 bits per heavy atom. The Hall–Kier alpha value is -1.17. The number of fused-ring (bicyclic) bond motifs is 1. The predicted octanol–water partition coefficient (Wildman–Crippen LogP) is 4.05. The van der Waals surface area contributed by atoms with Crippen LogP contribution in [-0.4, -0.2) is 43.0 Å². The fourth-order valence-corrected chi connectivity index (χ4v) is 3.20. The second kappa shape index (κ2) is 8.08. The number of rotatable bonds is 5. The van der Waals surface area contributed by atoms with Crippen molar-refractivity contribution in [3.05, 3.63) is 24.3 Å². The minimum absolute atomic E-state index is 0. The maximum Gasteiger partial charge on any atom is 0.234 e. The molecule has 0 aliphatic heterocycles. The molecule has 0 radical (unpaired) electrons. The molecule has 0 saturated heterocycles. The molecule has 1 heterocycles. The zero-order valence-corrected chi connectivity index (χ0v) is 16.1. The molecule has 0 atom stereocenters. The number of nitrogens with zero attached hydrogens (tertiary/aromatic N) is 3. The first-order chi connectivity index (χ1) is 10.3. The number of halogens is 1. The van der Waals surface area contributed by atoms with Crippen molar-refractivity contribution in [3.8, 4) is 0 Å². The number of aromatic nitrogens is 1. The Balaban J connectivity index is 0.00000264. The van der Waals surface area contributed by atoms with Gasteiger partial charge < -0.3 is 4.90 Å². The fourth-order valence-electron chi connectivity index (χ4n) is 2.21. The third-order valence-electron chi connectivity index (χ3n) is 3.39. The van der Waals surface area contributed by atoms with E-state index in [1.807, 2.05) is 58.0 Å². The molecule has 2 aromatic rings. The number of hydrogen-bond donors (Lipinski definition) is 0. The van der Waals surface area contributed by atoms with Crippen molar-refractivity contribution >= 4 is 45.0 Å². The number of thiazole rings is 1. The number of benzene rings is 1. The molecular formula is C17H26ClN3OS. The van der Waals surface area contributed by atoms with Gasteiger partial charge in [0.25, 0.3) is 0 Å². The minimum Gasteiger partial charge on any atom is -0.309 e. The van der Waals surface area contributed by atoms with E-state index in [1.165, 1.54) is 0 Å². The summed E-state index contributed by atoms with van der Waals surface area (Å²) in [6.07, 6.45) is 0.935. The molecule has 0 spiro atoms. The van der Waals surface area contributed by atoms with Crippen LogP contribution < -0.4 is 4.90 Å². The topological polar surface area (TPSA) is 36.4 Å². The van der Waals surface area contributed by atoms with Gasteiger partial charge in [-0.1, -0.05) is 44.2 Å². The second-order valence-electron chi connectivity index (χ2n) is 6.83. The first-order valence-electron chi connectivity index (χ1n) is 7.61. The van der Waals surface area contributed by atoms with Crippen LogP contribution in [0.2, 0.25) is 0 Å². The van der Waals surface area contributed by atoms with Crippen LogP contribution >= 0.6 is 23.7 Å². The Bertz CT molecular complexity index is 616. The van der Waals surface area contributed by atoms with E-state index in [-0.39, 0.29) is 18.3 Å². The molecule has 0 aliphatic rings. The van der Waals surface area contributed by atoms with Crippen molar-refractivity contribution in [1.29, 1.82) is 0 Å². The molecule has 4 nitrogen and oxygen atoms in total. The molecule has 2 rings (SSSR count).